The molecule has 0 aliphatic heterocycles. The molecule has 1 heterocycles. The van der Waals surface area contributed by atoms with E-state index >= 15 is 0 Å². The number of amides is 1. The van der Waals surface area contributed by atoms with Crippen molar-refractivity contribution in [2.75, 3.05) is 11.4 Å². The molecule has 0 radical (unpaired) electrons. The Morgan fingerprint density at radius 3 is 2.60 bits per heavy atom. The third kappa shape index (κ3) is 3.17. The summed E-state index contributed by atoms with van der Waals surface area (Å²) in [6.07, 6.45) is 0.418. The number of likely N-dealkylation sites (N-methyl/N-ethyl adjacent to an activating group) is 1. The van der Waals surface area contributed by atoms with Gasteiger partial charge in [-0.1, -0.05) is 34.5 Å². The van der Waals surface area contributed by atoms with Gasteiger partial charge in [0.15, 0.2) is 5.13 Å². The van der Waals surface area contributed by atoms with Gasteiger partial charge < -0.3 is 5.11 Å². The molecule has 0 spiro atoms. The molecule has 0 bridgehead atoms. The SMILES string of the molecule is CCN(C(=O)C1=C(Cl)C(Cl)=C(C)C1)c1nc2ccc(C(=O)O)cc2s1. The van der Waals surface area contributed by atoms with Crippen LogP contribution in [-0.4, -0.2) is 28.5 Å². The number of carbonyl (C=O) groups excluding carboxylic acids is 1. The molecule has 3 rings (SSSR count). The van der Waals surface area contributed by atoms with Crippen molar-refractivity contribution >= 4 is 61.8 Å². The Balaban J connectivity index is 1.97. The van der Waals surface area contributed by atoms with Gasteiger partial charge in [0.2, 0.25) is 0 Å². The minimum Gasteiger partial charge on any atom is -0.478 e. The first-order chi connectivity index (χ1) is 11.8. The fourth-order valence-electron chi connectivity index (χ4n) is 2.60. The number of anilines is 1. The molecule has 1 amide bonds. The van der Waals surface area contributed by atoms with Gasteiger partial charge in [-0.25, -0.2) is 9.78 Å². The molecule has 1 N–H and O–H groups in total. The Hall–Kier alpha value is -1.89. The molecule has 0 fully saturated rings. The molecule has 0 atom stereocenters. The highest BCUT2D eigenvalue weighted by Gasteiger charge is 2.29. The second-order valence-corrected chi connectivity index (χ2v) is 7.36. The van der Waals surface area contributed by atoms with Crippen molar-refractivity contribution in [3.63, 3.8) is 0 Å². The predicted molar refractivity (Wildman–Crippen MR) is 101 cm³/mol. The summed E-state index contributed by atoms with van der Waals surface area (Å²) in [5.41, 5.74) is 2.15. The molecular weight excluding hydrogens is 383 g/mol. The number of rotatable bonds is 4. The normalized spacial score (nSPS) is 14.6. The van der Waals surface area contributed by atoms with Crippen molar-refractivity contribution in [3.8, 4) is 0 Å². The largest absolute Gasteiger partial charge is 0.478 e. The zero-order valence-electron chi connectivity index (χ0n) is 13.5. The Kier molecular flexibility index (Phi) is 4.86. The number of carboxylic acid groups (broad SMARTS) is 1. The van der Waals surface area contributed by atoms with E-state index in [2.05, 4.69) is 4.98 Å². The first-order valence-corrected chi connectivity index (χ1v) is 9.10. The highest BCUT2D eigenvalue weighted by atomic mass is 35.5. The number of benzene rings is 1. The van der Waals surface area contributed by atoms with Gasteiger partial charge in [-0.3, -0.25) is 9.69 Å². The average Bonchev–Trinajstić information content (AvgIpc) is 3.11. The van der Waals surface area contributed by atoms with Crippen molar-refractivity contribution < 1.29 is 14.7 Å². The lowest BCUT2D eigenvalue weighted by atomic mass is 10.1. The molecule has 2 aromatic rings. The zero-order chi connectivity index (χ0) is 18.3. The molecule has 25 heavy (non-hydrogen) atoms. The van der Waals surface area contributed by atoms with Crippen LogP contribution in [0.1, 0.15) is 30.6 Å². The minimum atomic E-state index is -1.00. The molecule has 1 aromatic heterocycles. The molecule has 1 aliphatic rings. The predicted octanol–water partition coefficient (Wildman–Crippen LogP) is 4.76. The second-order valence-electron chi connectivity index (χ2n) is 5.60. The van der Waals surface area contributed by atoms with E-state index in [1.54, 1.807) is 12.1 Å². The van der Waals surface area contributed by atoms with Crippen LogP contribution in [0.25, 0.3) is 10.2 Å². The third-order valence-corrected chi connectivity index (χ3v) is 6.02. The number of hydrogen-bond donors (Lipinski definition) is 1. The van der Waals surface area contributed by atoms with Crippen LogP contribution in [0.2, 0.25) is 0 Å². The van der Waals surface area contributed by atoms with E-state index in [0.717, 1.165) is 5.57 Å². The van der Waals surface area contributed by atoms with Gasteiger partial charge >= 0.3 is 5.97 Å². The van der Waals surface area contributed by atoms with Crippen LogP contribution in [0.15, 0.2) is 39.4 Å². The van der Waals surface area contributed by atoms with Gasteiger partial charge in [-0.15, -0.1) is 0 Å². The van der Waals surface area contributed by atoms with Gasteiger partial charge in [0.1, 0.15) is 0 Å². The van der Waals surface area contributed by atoms with Crippen LogP contribution in [0.3, 0.4) is 0 Å². The van der Waals surface area contributed by atoms with E-state index < -0.39 is 5.97 Å². The summed E-state index contributed by atoms with van der Waals surface area (Å²) in [5, 5.41) is 10.3. The fourth-order valence-corrected chi connectivity index (χ4v) is 4.16. The highest BCUT2D eigenvalue weighted by Crippen LogP contribution is 2.39. The second kappa shape index (κ2) is 6.78. The summed E-state index contributed by atoms with van der Waals surface area (Å²) in [6, 6.07) is 4.69. The first kappa shape index (κ1) is 17.9. The molecule has 1 aromatic carbocycles. The summed E-state index contributed by atoms with van der Waals surface area (Å²) < 4.78 is 0.708. The van der Waals surface area contributed by atoms with Crippen LogP contribution in [0, 0.1) is 0 Å². The Morgan fingerprint density at radius 1 is 1.32 bits per heavy atom. The van der Waals surface area contributed by atoms with Gasteiger partial charge in [0.25, 0.3) is 5.91 Å². The van der Waals surface area contributed by atoms with Crippen LogP contribution < -0.4 is 4.90 Å². The van der Waals surface area contributed by atoms with Crippen molar-refractivity contribution in [3.05, 3.63) is 45.0 Å². The molecule has 0 unspecified atom stereocenters. The smallest absolute Gasteiger partial charge is 0.335 e. The number of aromatic nitrogens is 1. The quantitative estimate of drug-likeness (QED) is 0.808. The molecule has 1 aliphatic carbocycles. The Labute approximate surface area is 158 Å². The number of allylic oxidation sites excluding steroid dienone is 3. The molecule has 8 heteroatoms. The van der Waals surface area contributed by atoms with E-state index in [1.807, 2.05) is 13.8 Å². The lowest BCUT2D eigenvalue weighted by Gasteiger charge is -2.18. The Morgan fingerprint density at radius 2 is 2.04 bits per heavy atom. The van der Waals surface area contributed by atoms with E-state index in [9.17, 15) is 9.59 Å². The summed E-state index contributed by atoms with van der Waals surface area (Å²) in [5.74, 6) is -1.24. The van der Waals surface area contributed by atoms with Gasteiger partial charge in [-0.05, 0) is 37.6 Å². The maximum absolute atomic E-state index is 12.9. The fraction of sp³-hybridized carbons (Fsp3) is 0.235. The van der Waals surface area contributed by atoms with E-state index in [4.69, 9.17) is 28.3 Å². The third-order valence-electron chi connectivity index (χ3n) is 3.95. The molecule has 130 valence electrons. The summed E-state index contributed by atoms with van der Waals surface area (Å²) >= 11 is 13.6. The van der Waals surface area contributed by atoms with E-state index in [0.29, 0.717) is 38.9 Å². The summed E-state index contributed by atoms with van der Waals surface area (Å²) in [7, 11) is 0. The molecule has 5 nitrogen and oxygen atoms in total. The number of thiazole rings is 1. The standard InChI is InChI=1S/C17H14Cl2N2O3S/c1-3-21(15(22)10-6-8(2)13(18)14(10)19)17-20-11-5-4-9(16(23)24)7-12(11)25-17/h4-5,7H,3,6H2,1-2H3,(H,23,24). The maximum atomic E-state index is 12.9. The topological polar surface area (TPSA) is 70.5 Å². The van der Waals surface area contributed by atoms with Crippen LogP contribution in [0.5, 0.6) is 0 Å². The molecular formula is C17H14Cl2N2O3S. The summed E-state index contributed by atoms with van der Waals surface area (Å²) in [4.78, 5) is 30.0. The molecule has 0 saturated carbocycles. The monoisotopic (exact) mass is 396 g/mol. The number of carbonyl (C=O) groups is 2. The van der Waals surface area contributed by atoms with Crippen LogP contribution in [-0.2, 0) is 4.79 Å². The number of carboxylic acids is 1. The maximum Gasteiger partial charge on any atom is 0.335 e. The van der Waals surface area contributed by atoms with Crippen LogP contribution in [0.4, 0.5) is 5.13 Å². The summed E-state index contributed by atoms with van der Waals surface area (Å²) in [6.45, 7) is 4.10. The van der Waals surface area contributed by atoms with Gasteiger partial charge in [0.05, 0.1) is 25.8 Å². The lowest BCUT2D eigenvalue weighted by Crippen LogP contribution is -2.31. The van der Waals surface area contributed by atoms with Gasteiger partial charge in [0, 0.05) is 18.5 Å². The molecule has 0 saturated heterocycles. The van der Waals surface area contributed by atoms with Crippen molar-refractivity contribution in [1.82, 2.24) is 4.98 Å². The number of nitrogens with zero attached hydrogens (tertiary/aromatic N) is 2. The van der Waals surface area contributed by atoms with E-state index in [1.165, 1.54) is 22.3 Å². The number of aromatic carboxylic acids is 1. The number of halogens is 2. The number of fused-ring (bicyclic) bond motifs is 1. The first-order valence-electron chi connectivity index (χ1n) is 7.53. The van der Waals surface area contributed by atoms with Gasteiger partial charge in [-0.2, -0.15) is 0 Å². The highest BCUT2D eigenvalue weighted by molar-refractivity contribution is 7.22. The number of hydrogen-bond acceptors (Lipinski definition) is 4. The van der Waals surface area contributed by atoms with Crippen molar-refractivity contribution in [2.24, 2.45) is 0 Å². The average molecular weight is 397 g/mol. The van der Waals surface area contributed by atoms with Crippen LogP contribution >= 0.6 is 34.5 Å². The minimum absolute atomic E-state index is 0.185. The lowest BCUT2D eigenvalue weighted by molar-refractivity contribution is -0.115. The van der Waals surface area contributed by atoms with Crippen molar-refractivity contribution in [2.45, 2.75) is 20.3 Å². The van der Waals surface area contributed by atoms with Crippen molar-refractivity contribution in [1.29, 1.82) is 0 Å². The van der Waals surface area contributed by atoms with E-state index in [-0.39, 0.29) is 16.5 Å². The zero-order valence-corrected chi connectivity index (χ0v) is 15.8. The Bertz CT molecular complexity index is 962.